The third kappa shape index (κ3) is 3.13. The van der Waals surface area contributed by atoms with Crippen LogP contribution < -0.4 is 0 Å². The second kappa shape index (κ2) is 2.74. The first-order valence-corrected chi connectivity index (χ1v) is 3.20. The largest absolute Gasteiger partial charge is 0.514 e. The molecule has 0 aliphatic rings. The van der Waals surface area contributed by atoms with Crippen molar-refractivity contribution in [2.45, 2.75) is 0 Å². The summed E-state index contributed by atoms with van der Waals surface area (Å²) in [4.78, 5) is 7.82. The summed E-state index contributed by atoms with van der Waals surface area (Å²) in [6, 6.07) is 0. The number of hydrogen-bond acceptors (Lipinski definition) is 3. The average Bonchev–Trinajstić information content (AvgIpc) is 1.68. The van der Waals surface area contributed by atoms with Crippen molar-refractivity contribution in [3.63, 3.8) is 0 Å². The lowest BCUT2D eigenvalue weighted by atomic mass is 15.6. The summed E-state index contributed by atoms with van der Waals surface area (Å²) >= 11 is 2.05. The molecule has 0 aliphatic heterocycles. The highest BCUT2D eigenvalue weighted by atomic mass is 79.9. The first-order valence-electron chi connectivity index (χ1n) is 1.06. The predicted octanol–water partition coefficient (Wildman–Crippen LogP) is 1.31. The second-order valence-corrected chi connectivity index (χ2v) is 2.69. The van der Waals surface area contributed by atoms with E-state index in [1.54, 1.807) is 0 Å². The number of rotatable bonds is 2. The molecule has 4 nitrogen and oxygen atoms in total. The second-order valence-electron chi connectivity index (χ2n) is 0.607. The molecule has 0 fully saturated rings. The summed E-state index contributed by atoms with van der Waals surface area (Å²) < 4.78 is 26.1. The van der Waals surface area contributed by atoms with Gasteiger partial charge in [-0.05, 0) is 4.53 Å². The number of hydrogen-bond donors (Lipinski definition) is 1. The van der Waals surface area contributed by atoms with Crippen LogP contribution in [0.25, 0.3) is 0 Å². The van der Waals surface area contributed by atoms with Crippen LogP contribution >= 0.6 is 24.1 Å². The zero-order valence-electron chi connectivity index (χ0n) is 2.88. The van der Waals surface area contributed by atoms with E-state index in [0.29, 0.717) is 0 Å². The molecule has 7 heteroatoms. The molecule has 0 rings (SSSR count). The van der Waals surface area contributed by atoms with E-state index >= 15 is 0 Å². The van der Waals surface area contributed by atoms with Gasteiger partial charge in [0.1, 0.15) is 16.3 Å². The van der Waals surface area contributed by atoms with Crippen molar-refractivity contribution in [1.29, 1.82) is 0 Å². The summed E-state index contributed by atoms with van der Waals surface area (Å²) in [5.41, 5.74) is 0. The fourth-order valence-electron chi connectivity index (χ4n) is 0.0106. The van der Waals surface area contributed by atoms with E-state index in [2.05, 4.69) is 24.6 Å². The molecule has 0 spiro atoms. The van der Waals surface area contributed by atoms with Crippen LogP contribution in [0.5, 0.6) is 0 Å². The first kappa shape index (κ1) is 7.52. The molecule has 1 atom stereocenters. The lowest BCUT2D eigenvalue weighted by Gasteiger charge is -1.94. The van der Waals surface area contributed by atoms with Crippen molar-refractivity contribution < 1.29 is 22.3 Å². The molecule has 0 aromatic heterocycles. The van der Waals surface area contributed by atoms with Crippen molar-refractivity contribution in [2.75, 3.05) is 0 Å². The molecule has 0 saturated heterocycles. The lowest BCUT2D eigenvalue weighted by molar-refractivity contribution is -0.0337. The van der Waals surface area contributed by atoms with Gasteiger partial charge in [0.25, 0.3) is 0 Å². The minimum Gasteiger partial charge on any atom is -0.300 e. The van der Waals surface area contributed by atoms with Crippen molar-refractivity contribution in [1.82, 2.24) is 0 Å². The topological polar surface area (TPSA) is 55.8 Å². The Kier molecular flexibility index (Phi) is 2.94. The minimum atomic E-state index is -4.40. The molecule has 0 aliphatic carbocycles. The fraction of sp³-hybridized carbons (Fsp3) is 0. The van der Waals surface area contributed by atoms with E-state index < -0.39 is 7.82 Å². The monoisotopic (exact) mass is 194 g/mol. The Balaban J connectivity index is 3.61. The standard InChI is InChI=1S/BrFHO4P/c1-5-7(3,4)6-2/h(H,3,4). The molecule has 0 amide bonds. The Morgan fingerprint density at radius 3 is 2.29 bits per heavy atom. The van der Waals surface area contributed by atoms with Gasteiger partial charge in [-0.1, -0.05) is 4.73 Å². The highest BCUT2D eigenvalue weighted by Crippen LogP contribution is 2.45. The van der Waals surface area contributed by atoms with Crippen LogP contribution in [0.3, 0.4) is 0 Å². The van der Waals surface area contributed by atoms with Gasteiger partial charge in [-0.15, -0.1) is 0 Å². The van der Waals surface area contributed by atoms with Crippen LogP contribution in [0.4, 0.5) is 4.53 Å². The minimum absolute atomic E-state index is 2.05. The zero-order chi connectivity index (χ0) is 5.91. The van der Waals surface area contributed by atoms with Gasteiger partial charge < -0.3 is 4.89 Å². The molecule has 44 valence electrons. The number of halogens is 2. The fourth-order valence-corrected chi connectivity index (χ4v) is 0.166. The van der Waals surface area contributed by atoms with E-state index in [1.165, 1.54) is 0 Å². The molecule has 1 unspecified atom stereocenters. The predicted molar refractivity (Wildman–Crippen MR) is 22.0 cm³/mol. The molecular weight excluding hydrogens is 194 g/mol. The lowest BCUT2D eigenvalue weighted by Crippen LogP contribution is -1.74. The van der Waals surface area contributed by atoms with E-state index in [4.69, 9.17) is 4.89 Å². The normalized spacial score (nSPS) is 18.7. The van der Waals surface area contributed by atoms with Crippen LogP contribution in [-0.4, -0.2) is 4.89 Å². The highest BCUT2D eigenvalue weighted by Gasteiger charge is 2.19. The van der Waals surface area contributed by atoms with Gasteiger partial charge in [-0.2, -0.15) is 0 Å². The van der Waals surface area contributed by atoms with Crippen LogP contribution in [0.2, 0.25) is 0 Å². The average molecular weight is 195 g/mol. The van der Waals surface area contributed by atoms with E-state index in [0.717, 1.165) is 0 Å². The van der Waals surface area contributed by atoms with Gasteiger partial charge >= 0.3 is 7.82 Å². The molecule has 0 radical (unpaired) electrons. The quantitative estimate of drug-likeness (QED) is 0.674. The van der Waals surface area contributed by atoms with E-state index in [9.17, 15) is 9.09 Å². The van der Waals surface area contributed by atoms with Crippen molar-refractivity contribution in [2.24, 2.45) is 0 Å². The van der Waals surface area contributed by atoms with Gasteiger partial charge in [0.15, 0.2) is 0 Å². The Bertz CT molecular complexity index is 83.7. The third-order valence-electron chi connectivity index (χ3n) is 0.174. The van der Waals surface area contributed by atoms with Crippen LogP contribution in [0, 0.1) is 0 Å². The van der Waals surface area contributed by atoms with Gasteiger partial charge in [-0.25, -0.2) is 8.18 Å². The molecule has 1 N–H and O–H groups in total. The van der Waals surface area contributed by atoms with Crippen molar-refractivity contribution >= 4 is 24.1 Å². The van der Waals surface area contributed by atoms with Gasteiger partial charge in [0.05, 0.1) is 0 Å². The Hall–Kier alpha value is 0.520. The smallest absolute Gasteiger partial charge is 0.300 e. The molecular formula is HBrFO4P. The summed E-state index contributed by atoms with van der Waals surface area (Å²) in [5, 5.41) is 0. The van der Waals surface area contributed by atoms with Crippen LogP contribution in [0.1, 0.15) is 0 Å². The summed E-state index contributed by atoms with van der Waals surface area (Å²) in [6.07, 6.45) is 0. The maximum Gasteiger partial charge on any atom is 0.514 e. The molecule has 0 heterocycles. The Morgan fingerprint density at radius 1 is 1.86 bits per heavy atom. The molecule has 0 aromatic carbocycles. The summed E-state index contributed by atoms with van der Waals surface area (Å²) in [6.45, 7) is 0. The van der Waals surface area contributed by atoms with Gasteiger partial charge in [-0.3, -0.25) is 0 Å². The Morgan fingerprint density at radius 2 is 2.29 bits per heavy atom. The van der Waals surface area contributed by atoms with E-state index in [-0.39, 0.29) is 0 Å². The van der Waals surface area contributed by atoms with Crippen molar-refractivity contribution in [3.05, 3.63) is 0 Å². The SMILES string of the molecule is O=P(O)(OF)OBr. The molecule has 0 bridgehead atoms. The molecule has 0 saturated carbocycles. The zero-order valence-corrected chi connectivity index (χ0v) is 5.36. The first-order chi connectivity index (χ1) is 3.12. The summed E-state index contributed by atoms with van der Waals surface area (Å²) in [5.74, 6) is 0. The van der Waals surface area contributed by atoms with E-state index in [1.807, 2.05) is 0 Å². The van der Waals surface area contributed by atoms with Gasteiger partial charge in [0, 0.05) is 0 Å². The Labute approximate surface area is 47.2 Å². The van der Waals surface area contributed by atoms with Gasteiger partial charge in [0.2, 0.25) is 0 Å². The highest BCUT2D eigenvalue weighted by molar-refractivity contribution is 9.06. The third-order valence-corrected chi connectivity index (χ3v) is 1.62. The molecule has 0 aromatic rings. The maximum atomic E-state index is 10.6. The molecule has 7 heavy (non-hydrogen) atoms. The van der Waals surface area contributed by atoms with Crippen molar-refractivity contribution in [3.8, 4) is 0 Å². The maximum absolute atomic E-state index is 10.6. The number of phosphoric acid groups is 1. The summed E-state index contributed by atoms with van der Waals surface area (Å²) in [7, 11) is -4.40. The van der Waals surface area contributed by atoms with Crippen LogP contribution in [-0.2, 0) is 12.9 Å². The van der Waals surface area contributed by atoms with Crippen LogP contribution in [0.15, 0.2) is 0 Å².